The zero-order valence-electron chi connectivity index (χ0n) is 17.6. The summed E-state index contributed by atoms with van der Waals surface area (Å²) in [5, 5.41) is 12.7. The summed E-state index contributed by atoms with van der Waals surface area (Å²) >= 11 is 0. The molecule has 0 fully saturated rings. The van der Waals surface area contributed by atoms with Crippen LogP contribution in [-0.2, 0) is 16.1 Å². The fourth-order valence-electron chi connectivity index (χ4n) is 2.87. The number of nitrogens with zero attached hydrogens (tertiary/aromatic N) is 2. The average molecular weight is 441 g/mol. The molecule has 3 rings (SSSR count). The summed E-state index contributed by atoms with van der Waals surface area (Å²) in [6.45, 7) is 1.80. The van der Waals surface area contributed by atoms with E-state index in [0.29, 0.717) is 22.6 Å². The molecule has 0 aliphatic carbocycles. The molecule has 1 aromatic heterocycles. The van der Waals surface area contributed by atoms with E-state index in [1.54, 1.807) is 32.2 Å². The number of aliphatic hydroxyl groups excluding tert-OH is 1. The van der Waals surface area contributed by atoms with Gasteiger partial charge < -0.3 is 31.4 Å². The van der Waals surface area contributed by atoms with Crippen molar-refractivity contribution in [3.63, 3.8) is 0 Å². The lowest BCUT2D eigenvalue weighted by Crippen LogP contribution is -2.33. The Morgan fingerprint density at radius 1 is 1.16 bits per heavy atom. The van der Waals surface area contributed by atoms with Crippen molar-refractivity contribution in [3.05, 3.63) is 65.6 Å². The molecule has 2 unspecified atom stereocenters. The maximum absolute atomic E-state index is 13.1. The Morgan fingerprint density at radius 3 is 2.47 bits per heavy atom. The zero-order valence-corrected chi connectivity index (χ0v) is 17.6. The minimum atomic E-state index is -1.35. The lowest BCUT2D eigenvalue weighted by molar-refractivity contribution is -0.118. The van der Waals surface area contributed by atoms with Gasteiger partial charge in [0.2, 0.25) is 5.91 Å². The summed E-state index contributed by atoms with van der Waals surface area (Å²) in [6.07, 6.45) is -1.35. The summed E-state index contributed by atoms with van der Waals surface area (Å²) in [5.74, 6) is 0.578. The number of aromatic nitrogens is 2. The first-order valence-corrected chi connectivity index (χ1v) is 9.71. The van der Waals surface area contributed by atoms with Crippen LogP contribution in [-0.4, -0.2) is 34.1 Å². The monoisotopic (exact) mass is 441 g/mol. The van der Waals surface area contributed by atoms with Gasteiger partial charge in [0.15, 0.2) is 5.82 Å². The van der Waals surface area contributed by atoms with E-state index >= 15 is 0 Å². The summed E-state index contributed by atoms with van der Waals surface area (Å²) in [6, 6.07) is 11.6. The molecule has 10 heteroatoms. The third-order valence-corrected chi connectivity index (χ3v) is 4.51. The van der Waals surface area contributed by atoms with Crippen LogP contribution in [0.3, 0.4) is 0 Å². The second-order valence-corrected chi connectivity index (χ2v) is 7.02. The van der Waals surface area contributed by atoms with Crippen molar-refractivity contribution in [2.75, 3.05) is 12.4 Å². The molecular formula is C22H24FN5O4. The molecule has 1 amide bonds. The number of rotatable bonds is 9. The number of ether oxygens (including phenoxy) is 2. The molecule has 0 spiro atoms. The van der Waals surface area contributed by atoms with Crippen molar-refractivity contribution >= 4 is 11.7 Å². The summed E-state index contributed by atoms with van der Waals surface area (Å²) in [5.41, 5.74) is 12.4. The van der Waals surface area contributed by atoms with E-state index in [2.05, 4.69) is 15.3 Å². The van der Waals surface area contributed by atoms with Gasteiger partial charge in [0.1, 0.15) is 35.4 Å². The second kappa shape index (κ2) is 10.1. The summed E-state index contributed by atoms with van der Waals surface area (Å²) in [7, 11) is 1.54. The highest BCUT2D eigenvalue weighted by Gasteiger charge is 2.17. The third kappa shape index (κ3) is 5.76. The van der Waals surface area contributed by atoms with Crippen molar-refractivity contribution < 1.29 is 23.8 Å². The zero-order chi connectivity index (χ0) is 23.3. The van der Waals surface area contributed by atoms with E-state index < -0.39 is 18.2 Å². The van der Waals surface area contributed by atoms with E-state index in [1.807, 2.05) is 0 Å². The van der Waals surface area contributed by atoms with Gasteiger partial charge >= 0.3 is 0 Å². The van der Waals surface area contributed by atoms with Crippen LogP contribution in [0.5, 0.6) is 11.5 Å². The van der Waals surface area contributed by atoms with Gasteiger partial charge in [-0.2, -0.15) is 0 Å². The van der Waals surface area contributed by atoms with Gasteiger partial charge in [0, 0.05) is 18.7 Å². The Labute approximate surface area is 184 Å². The number of hydrogen-bond acceptors (Lipinski definition) is 8. The van der Waals surface area contributed by atoms with Crippen LogP contribution in [0.4, 0.5) is 10.2 Å². The third-order valence-electron chi connectivity index (χ3n) is 4.51. The van der Waals surface area contributed by atoms with E-state index in [-0.39, 0.29) is 29.8 Å². The van der Waals surface area contributed by atoms with Gasteiger partial charge in [0.05, 0.1) is 12.3 Å². The number of benzene rings is 2. The normalized spacial score (nSPS) is 12.8. The largest absolute Gasteiger partial charge is 0.457 e. The average Bonchev–Trinajstić information content (AvgIpc) is 2.75. The van der Waals surface area contributed by atoms with E-state index in [4.69, 9.17) is 20.9 Å². The van der Waals surface area contributed by atoms with Crippen LogP contribution < -0.4 is 21.5 Å². The highest BCUT2D eigenvalue weighted by atomic mass is 19.1. The van der Waals surface area contributed by atoms with Gasteiger partial charge in [-0.15, -0.1) is 0 Å². The predicted octanol–water partition coefficient (Wildman–Crippen LogP) is 2.46. The molecule has 6 N–H and O–H groups in total. The highest BCUT2D eigenvalue weighted by molar-refractivity contribution is 5.82. The first kappa shape index (κ1) is 23.1. The van der Waals surface area contributed by atoms with Gasteiger partial charge in [0.25, 0.3) is 0 Å². The van der Waals surface area contributed by atoms with Crippen LogP contribution in [0.2, 0.25) is 0 Å². The molecule has 1 heterocycles. The number of anilines is 1. The molecule has 32 heavy (non-hydrogen) atoms. The number of nitrogens with two attached hydrogens (primary N) is 2. The minimum Gasteiger partial charge on any atom is -0.457 e. The topological polar surface area (TPSA) is 146 Å². The summed E-state index contributed by atoms with van der Waals surface area (Å²) < 4.78 is 24.2. The Balaban J connectivity index is 2.00. The SMILES string of the molecule is COCc1cc(Oc2ccc(F)cc2)ccc1-c1nc(NC(C)C(N)=O)cc(C(N)O)n1. The number of amides is 1. The lowest BCUT2D eigenvalue weighted by Gasteiger charge is -2.16. The van der Waals surface area contributed by atoms with Gasteiger partial charge in [-0.25, -0.2) is 14.4 Å². The van der Waals surface area contributed by atoms with Crippen LogP contribution in [0.25, 0.3) is 11.4 Å². The molecule has 0 aliphatic heterocycles. The fourth-order valence-corrected chi connectivity index (χ4v) is 2.87. The van der Waals surface area contributed by atoms with Crippen molar-refractivity contribution in [3.8, 4) is 22.9 Å². The molecule has 3 aromatic rings. The van der Waals surface area contributed by atoms with Crippen molar-refractivity contribution in [1.29, 1.82) is 0 Å². The number of aliphatic hydroxyl groups is 1. The van der Waals surface area contributed by atoms with E-state index in [9.17, 15) is 14.3 Å². The standard InChI is InChI=1S/C22H24FN5O4/c1-12(20(24)29)26-19-10-18(21(25)30)27-22(28-19)17-8-7-16(9-13(17)11-31-2)32-15-5-3-14(23)4-6-15/h3-10,12,21,30H,11,25H2,1-2H3,(H2,24,29)(H,26,27,28). The molecule has 0 radical (unpaired) electrons. The summed E-state index contributed by atoms with van der Waals surface area (Å²) in [4.78, 5) is 20.2. The quantitative estimate of drug-likeness (QED) is 0.371. The smallest absolute Gasteiger partial charge is 0.239 e. The Hall–Kier alpha value is -3.60. The number of primary amides is 1. The number of hydrogen-bond donors (Lipinski definition) is 4. The molecule has 0 bridgehead atoms. The molecule has 2 atom stereocenters. The predicted molar refractivity (Wildman–Crippen MR) is 116 cm³/mol. The fraction of sp³-hybridized carbons (Fsp3) is 0.227. The Morgan fingerprint density at radius 2 is 1.84 bits per heavy atom. The highest BCUT2D eigenvalue weighted by Crippen LogP contribution is 2.30. The molecule has 0 aliphatic rings. The molecule has 0 saturated heterocycles. The van der Waals surface area contributed by atoms with Gasteiger partial charge in [-0.1, -0.05) is 0 Å². The van der Waals surface area contributed by atoms with Crippen molar-refractivity contribution in [2.45, 2.75) is 25.8 Å². The number of carbonyl (C=O) groups excluding carboxylic acids is 1. The number of carbonyl (C=O) groups is 1. The van der Waals surface area contributed by atoms with Gasteiger partial charge in [-0.3, -0.25) is 4.79 Å². The molecule has 9 nitrogen and oxygen atoms in total. The number of halogens is 1. The van der Waals surface area contributed by atoms with Crippen LogP contribution in [0.15, 0.2) is 48.5 Å². The number of nitrogens with one attached hydrogen (secondary N) is 1. The van der Waals surface area contributed by atoms with E-state index in [1.165, 1.54) is 30.3 Å². The Kier molecular flexibility index (Phi) is 7.31. The maximum atomic E-state index is 13.1. The molecule has 2 aromatic carbocycles. The minimum absolute atomic E-state index is 0.157. The van der Waals surface area contributed by atoms with Crippen molar-refractivity contribution in [1.82, 2.24) is 9.97 Å². The maximum Gasteiger partial charge on any atom is 0.239 e. The number of methoxy groups -OCH3 is 1. The Bertz CT molecular complexity index is 1090. The lowest BCUT2D eigenvalue weighted by atomic mass is 10.1. The van der Waals surface area contributed by atoms with Gasteiger partial charge in [-0.05, 0) is 55.0 Å². The first-order valence-electron chi connectivity index (χ1n) is 9.71. The van der Waals surface area contributed by atoms with Crippen molar-refractivity contribution in [2.24, 2.45) is 11.5 Å². The molecule has 0 saturated carbocycles. The molecule has 168 valence electrons. The van der Waals surface area contributed by atoms with Crippen LogP contribution >= 0.6 is 0 Å². The first-order chi connectivity index (χ1) is 15.3. The van der Waals surface area contributed by atoms with Crippen LogP contribution in [0.1, 0.15) is 24.4 Å². The molecular weight excluding hydrogens is 417 g/mol. The van der Waals surface area contributed by atoms with Crippen LogP contribution in [0, 0.1) is 5.82 Å². The second-order valence-electron chi connectivity index (χ2n) is 7.02. The van der Waals surface area contributed by atoms with E-state index in [0.717, 1.165) is 0 Å².